The third-order valence-corrected chi connectivity index (χ3v) is 2.11. The average Bonchev–Trinajstić information content (AvgIpc) is 1.93. The van der Waals surface area contributed by atoms with Gasteiger partial charge in [0.1, 0.15) is 0 Å². The number of nitrogens with zero attached hydrogens (tertiary/aromatic N) is 1. The molecule has 1 aliphatic heterocycles. The molecule has 0 saturated carbocycles. The predicted molar refractivity (Wildman–Crippen MR) is 40.7 cm³/mol. The lowest BCUT2D eigenvalue weighted by Gasteiger charge is -2.27. The first-order chi connectivity index (χ1) is 5.18. The maximum Gasteiger partial charge on any atom is 0.303 e. The van der Waals surface area contributed by atoms with Crippen LogP contribution in [0.4, 0.5) is 0 Å². The Morgan fingerprint density at radius 1 is 1.55 bits per heavy atom. The van der Waals surface area contributed by atoms with E-state index in [4.69, 9.17) is 10.9 Å². The van der Waals surface area contributed by atoms with Gasteiger partial charge in [-0.3, -0.25) is 10.6 Å². The quantitative estimate of drug-likeness (QED) is 0.557. The molecule has 4 heteroatoms. The van der Waals surface area contributed by atoms with Crippen LogP contribution in [0.2, 0.25) is 0 Å². The van der Waals surface area contributed by atoms with Gasteiger partial charge >= 0.3 is 5.97 Å². The van der Waals surface area contributed by atoms with E-state index in [0.29, 0.717) is 12.3 Å². The van der Waals surface area contributed by atoms with E-state index in [0.717, 1.165) is 25.9 Å². The summed E-state index contributed by atoms with van der Waals surface area (Å²) in [6.07, 6.45) is 2.14. The molecular weight excluding hydrogens is 144 g/mol. The Balaban J connectivity index is 2.22. The van der Waals surface area contributed by atoms with Gasteiger partial charge in [0.05, 0.1) is 0 Å². The zero-order chi connectivity index (χ0) is 8.27. The maximum atomic E-state index is 10.3. The lowest BCUT2D eigenvalue weighted by molar-refractivity contribution is -0.138. The van der Waals surface area contributed by atoms with Crippen LogP contribution in [0.1, 0.15) is 19.3 Å². The van der Waals surface area contributed by atoms with E-state index in [1.54, 1.807) is 5.01 Å². The fourth-order valence-electron chi connectivity index (χ4n) is 1.40. The number of piperidine rings is 1. The molecule has 0 aliphatic carbocycles. The summed E-state index contributed by atoms with van der Waals surface area (Å²) in [5, 5.41) is 10.2. The highest BCUT2D eigenvalue weighted by Crippen LogP contribution is 2.18. The van der Waals surface area contributed by atoms with E-state index in [9.17, 15) is 4.79 Å². The van der Waals surface area contributed by atoms with Crippen LogP contribution in [0.25, 0.3) is 0 Å². The third-order valence-electron chi connectivity index (χ3n) is 2.11. The van der Waals surface area contributed by atoms with Crippen LogP contribution in [-0.2, 0) is 4.79 Å². The summed E-state index contributed by atoms with van der Waals surface area (Å²) < 4.78 is 0. The smallest absolute Gasteiger partial charge is 0.303 e. The van der Waals surface area contributed by atoms with Crippen LogP contribution < -0.4 is 5.84 Å². The van der Waals surface area contributed by atoms with E-state index >= 15 is 0 Å². The van der Waals surface area contributed by atoms with Crippen molar-refractivity contribution in [3.8, 4) is 0 Å². The molecule has 0 radical (unpaired) electrons. The van der Waals surface area contributed by atoms with E-state index < -0.39 is 5.97 Å². The van der Waals surface area contributed by atoms with Crippen molar-refractivity contribution < 1.29 is 9.90 Å². The number of hydrogen-bond donors (Lipinski definition) is 2. The summed E-state index contributed by atoms with van der Waals surface area (Å²) in [5.74, 6) is 5.16. The van der Waals surface area contributed by atoms with E-state index in [1.165, 1.54) is 0 Å². The highest BCUT2D eigenvalue weighted by molar-refractivity contribution is 5.67. The minimum absolute atomic E-state index is 0.299. The lowest BCUT2D eigenvalue weighted by Crippen LogP contribution is -2.39. The topological polar surface area (TPSA) is 66.6 Å². The van der Waals surface area contributed by atoms with Crippen molar-refractivity contribution in [3.05, 3.63) is 0 Å². The number of nitrogens with two attached hydrogens (primary N) is 1. The zero-order valence-electron chi connectivity index (χ0n) is 6.49. The van der Waals surface area contributed by atoms with Gasteiger partial charge in [0.15, 0.2) is 0 Å². The van der Waals surface area contributed by atoms with Crippen LogP contribution in [0.5, 0.6) is 0 Å². The summed E-state index contributed by atoms with van der Waals surface area (Å²) in [6, 6.07) is 0. The molecule has 11 heavy (non-hydrogen) atoms. The Bertz CT molecular complexity index is 141. The normalized spacial score (nSPS) is 21.9. The molecule has 4 nitrogen and oxygen atoms in total. The van der Waals surface area contributed by atoms with Crippen molar-refractivity contribution in [1.82, 2.24) is 5.01 Å². The number of aliphatic carboxylic acids is 1. The van der Waals surface area contributed by atoms with Gasteiger partial charge in [-0.2, -0.15) is 0 Å². The van der Waals surface area contributed by atoms with Gasteiger partial charge in [0, 0.05) is 19.5 Å². The van der Waals surface area contributed by atoms with Gasteiger partial charge in [-0.05, 0) is 18.8 Å². The molecule has 1 aliphatic rings. The van der Waals surface area contributed by atoms with Crippen LogP contribution in [-0.4, -0.2) is 29.2 Å². The summed E-state index contributed by atoms with van der Waals surface area (Å²) in [6.45, 7) is 1.66. The molecule has 0 bridgehead atoms. The van der Waals surface area contributed by atoms with Gasteiger partial charge in [0.25, 0.3) is 0 Å². The van der Waals surface area contributed by atoms with Crippen molar-refractivity contribution in [1.29, 1.82) is 0 Å². The van der Waals surface area contributed by atoms with Crippen molar-refractivity contribution in [2.75, 3.05) is 13.1 Å². The molecule has 0 atom stereocenters. The number of carboxylic acid groups (broad SMARTS) is 1. The Morgan fingerprint density at radius 2 is 2.09 bits per heavy atom. The van der Waals surface area contributed by atoms with Crippen molar-refractivity contribution >= 4 is 5.97 Å². The van der Waals surface area contributed by atoms with Gasteiger partial charge in [-0.25, -0.2) is 5.01 Å². The van der Waals surface area contributed by atoms with Gasteiger partial charge in [-0.1, -0.05) is 0 Å². The minimum atomic E-state index is -0.694. The van der Waals surface area contributed by atoms with E-state index in [1.807, 2.05) is 0 Å². The molecule has 1 heterocycles. The molecule has 64 valence electrons. The van der Waals surface area contributed by atoms with E-state index in [-0.39, 0.29) is 0 Å². The highest BCUT2D eigenvalue weighted by atomic mass is 16.4. The number of hydrogen-bond acceptors (Lipinski definition) is 3. The number of carbonyl (C=O) groups is 1. The maximum absolute atomic E-state index is 10.3. The second kappa shape index (κ2) is 3.69. The Morgan fingerprint density at radius 3 is 2.55 bits per heavy atom. The van der Waals surface area contributed by atoms with Crippen LogP contribution in [0.3, 0.4) is 0 Å². The Kier molecular flexibility index (Phi) is 2.84. The fraction of sp³-hybridized carbons (Fsp3) is 0.857. The van der Waals surface area contributed by atoms with E-state index in [2.05, 4.69) is 0 Å². The minimum Gasteiger partial charge on any atom is -0.481 e. The molecule has 0 unspecified atom stereocenters. The predicted octanol–water partition coefficient (Wildman–Crippen LogP) is 0.0468. The summed E-state index contributed by atoms with van der Waals surface area (Å²) in [5.41, 5.74) is 0. The van der Waals surface area contributed by atoms with Gasteiger partial charge < -0.3 is 5.11 Å². The molecule has 0 aromatic carbocycles. The SMILES string of the molecule is NN1CCC(CC(=O)O)CC1. The fourth-order valence-corrected chi connectivity index (χ4v) is 1.40. The van der Waals surface area contributed by atoms with Gasteiger partial charge in [-0.15, -0.1) is 0 Å². The number of rotatable bonds is 2. The molecule has 3 N–H and O–H groups in total. The largest absolute Gasteiger partial charge is 0.481 e. The van der Waals surface area contributed by atoms with Crippen LogP contribution >= 0.6 is 0 Å². The summed E-state index contributed by atoms with van der Waals surface area (Å²) in [4.78, 5) is 10.3. The summed E-state index contributed by atoms with van der Waals surface area (Å²) in [7, 11) is 0. The molecule has 0 aromatic heterocycles. The molecule has 1 saturated heterocycles. The Labute approximate surface area is 65.9 Å². The first-order valence-electron chi connectivity index (χ1n) is 3.90. The number of hydrazine groups is 1. The molecular formula is C7H14N2O2. The standard InChI is InChI=1S/C7H14N2O2/c8-9-3-1-6(2-4-9)5-7(10)11/h6H,1-5,8H2,(H,10,11). The van der Waals surface area contributed by atoms with Crippen molar-refractivity contribution in [2.24, 2.45) is 11.8 Å². The second-order valence-electron chi connectivity index (χ2n) is 3.08. The first-order valence-corrected chi connectivity index (χ1v) is 3.90. The van der Waals surface area contributed by atoms with Gasteiger partial charge in [0.2, 0.25) is 0 Å². The molecule has 0 aromatic rings. The molecule has 1 fully saturated rings. The number of carboxylic acids is 1. The monoisotopic (exact) mass is 158 g/mol. The molecule has 1 rings (SSSR count). The second-order valence-corrected chi connectivity index (χ2v) is 3.08. The van der Waals surface area contributed by atoms with Crippen LogP contribution in [0, 0.1) is 5.92 Å². The Hall–Kier alpha value is -0.610. The van der Waals surface area contributed by atoms with Crippen molar-refractivity contribution in [2.45, 2.75) is 19.3 Å². The first kappa shape index (κ1) is 8.49. The highest BCUT2D eigenvalue weighted by Gasteiger charge is 2.18. The van der Waals surface area contributed by atoms with Crippen LogP contribution in [0.15, 0.2) is 0 Å². The van der Waals surface area contributed by atoms with Crippen molar-refractivity contribution in [3.63, 3.8) is 0 Å². The average molecular weight is 158 g/mol. The summed E-state index contributed by atoms with van der Waals surface area (Å²) >= 11 is 0. The molecule has 0 spiro atoms. The lowest BCUT2D eigenvalue weighted by atomic mass is 9.94. The third kappa shape index (κ3) is 2.86. The zero-order valence-corrected chi connectivity index (χ0v) is 6.49. The molecule has 0 amide bonds.